The summed E-state index contributed by atoms with van der Waals surface area (Å²) in [5.41, 5.74) is 8.95. The van der Waals surface area contributed by atoms with Crippen LogP contribution >= 0.6 is 0 Å². The molecule has 1 unspecified atom stereocenters. The topological polar surface area (TPSA) is 139 Å². The van der Waals surface area contributed by atoms with Gasteiger partial charge in [0.15, 0.2) is 0 Å². The molecule has 34 heavy (non-hydrogen) atoms. The van der Waals surface area contributed by atoms with Crippen molar-refractivity contribution in [1.82, 2.24) is 0 Å². The first-order chi connectivity index (χ1) is 15.9. The minimum absolute atomic E-state index is 0.0497. The SMILES string of the molecule is CC(C)c1ccc2c(c1)CC(=O)C1[C@@](C)(C=NOCCN)CCC[C@]21C.O=C(O)/C=C/C(=O)O. The highest BCUT2D eigenvalue weighted by Gasteiger charge is 2.55. The number of aliphatic carboxylic acids is 2. The Labute approximate surface area is 200 Å². The van der Waals surface area contributed by atoms with Crippen LogP contribution in [0.25, 0.3) is 0 Å². The van der Waals surface area contributed by atoms with Crippen LogP contribution in [-0.4, -0.2) is 47.3 Å². The highest BCUT2D eigenvalue weighted by molar-refractivity contribution is 5.92. The predicted molar refractivity (Wildman–Crippen MR) is 130 cm³/mol. The average molecular weight is 473 g/mol. The van der Waals surface area contributed by atoms with E-state index in [2.05, 4.69) is 51.0 Å². The molecular weight excluding hydrogens is 436 g/mol. The number of carbonyl (C=O) groups excluding carboxylic acids is 1. The van der Waals surface area contributed by atoms with E-state index in [9.17, 15) is 14.4 Å². The lowest BCUT2D eigenvalue weighted by Gasteiger charge is -2.52. The molecule has 0 heterocycles. The summed E-state index contributed by atoms with van der Waals surface area (Å²) in [4.78, 5) is 37.6. The molecule has 2 aliphatic carbocycles. The third-order valence-corrected chi connectivity index (χ3v) is 6.81. The Morgan fingerprint density at radius 1 is 1.21 bits per heavy atom. The maximum Gasteiger partial charge on any atom is 0.328 e. The van der Waals surface area contributed by atoms with E-state index in [0.717, 1.165) is 19.3 Å². The number of ketones is 1. The van der Waals surface area contributed by atoms with Crippen molar-refractivity contribution >= 4 is 23.9 Å². The molecule has 186 valence electrons. The van der Waals surface area contributed by atoms with Gasteiger partial charge in [0.05, 0.1) is 6.21 Å². The van der Waals surface area contributed by atoms with Crippen molar-refractivity contribution in [3.63, 3.8) is 0 Å². The maximum absolute atomic E-state index is 13.3. The van der Waals surface area contributed by atoms with Crippen molar-refractivity contribution in [2.45, 2.75) is 64.7 Å². The van der Waals surface area contributed by atoms with Gasteiger partial charge in [-0.3, -0.25) is 4.79 Å². The van der Waals surface area contributed by atoms with Gasteiger partial charge in [-0.2, -0.15) is 0 Å². The van der Waals surface area contributed by atoms with E-state index < -0.39 is 11.9 Å². The van der Waals surface area contributed by atoms with Crippen LogP contribution in [-0.2, 0) is 31.1 Å². The first-order valence-corrected chi connectivity index (χ1v) is 11.6. The van der Waals surface area contributed by atoms with Crippen molar-refractivity contribution < 1.29 is 29.4 Å². The van der Waals surface area contributed by atoms with Crippen molar-refractivity contribution in [2.24, 2.45) is 22.2 Å². The molecule has 3 rings (SSSR count). The molecular formula is C26H36N2O6. The zero-order valence-electron chi connectivity index (χ0n) is 20.4. The normalized spacial score (nSPS) is 26.1. The lowest BCUT2D eigenvalue weighted by atomic mass is 9.49. The molecule has 0 radical (unpaired) electrons. The molecule has 1 aromatic rings. The second kappa shape index (κ2) is 11.4. The summed E-state index contributed by atoms with van der Waals surface area (Å²) >= 11 is 0. The van der Waals surface area contributed by atoms with Gasteiger partial charge in [0.25, 0.3) is 0 Å². The molecule has 0 amide bonds. The first kappa shape index (κ1) is 27.2. The molecule has 0 aromatic heterocycles. The summed E-state index contributed by atoms with van der Waals surface area (Å²) in [6.45, 7) is 9.69. The molecule has 8 nitrogen and oxygen atoms in total. The summed E-state index contributed by atoms with van der Waals surface area (Å²) in [6, 6.07) is 6.77. The van der Waals surface area contributed by atoms with E-state index in [0.29, 0.717) is 43.4 Å². The molecule has 0 spiro atoms. The molecule has 1 aromatic carbocycles. The van der Waals surface area contributed by atoms with Crippen LogP contribution in [0.2, 0.25) is 0 Å². The van der Waals surface area contributed by atoms with Gasteiger partial charge in [0.1, 0.15) is 12.4 Å². The zero-order chi connectivity index (χ0) is 25.5. The largest absolute Gasteiger partial charge is 0.478 e. The number of Topliss-reactive ketones (excluding diaryl/α,β-unsaturated/α-hetero) is 1. The fourth-order valence-corrected chi connectivity index (χ4v) is 5.38. The van der Waals surface area contributed by atoms with Crippen LogP contribution in [0.1, 0.15) is 69.6 Å². The van der Waals surface area contributed by atoms with E-state index in [1.165, 1.54) is 16.7 Å². The Hall–Kier alpha value is -3.00. The van der Waals surface area contributed by atoms with Gasteiger partial charge in [-0.15, -0.1) is 0 Å². The number of oxime groups is 1. The van der Waals surface area contributed by atoms with E-state index in [1.54, 1.807) is 0 Å². The predicted octanol–water partition coefficient (Wildman–Crippen LogP) is 3.67. The van der Waals surface area contributed by atoms with E-state index in [1.807, 2.05) is 6.21 Å². The number of carboxylic acids is 2. The third-order valence-electron chi connectivity index (χ3n) is 6.81. The first-order valence-electron chi connectivity index (χ1n) is 11.6. The molecule has 1 saturated carbocycles. The quantitative estimate of drug-likeness (QED) is 0.238. The number of benzene rings is 1. The monoisotopic (exact) mass is 472 g/mol. The molecule has 0 bridgehead atoms. The fraction of sp³-hybridized carbons (Fsp3) is 0.538. The second-order valence-electron chi connectivity index (χ2n) is 9.79. The van der Waals surface area contributed by atoms with Gasteiger partial charge in [0.2, 0.25) is 0 Å². The molecule has 3 atom stereocenters. The number of fused-ring (bicyclic) bond motifs is 3. The molecule has 4 N–H and O–H groups in total. The smallest absolute Gasteiger partial charge is 0.328 e. The Balaban J connectivity index is 0.000000440. The summed E-state index contributed by atoms with van der Waals surface area (Å²) < 4.78 is 0. The zero-order valence-corrected chi connectivity index (χ0v) is 20.4. The fourth-order valence-electron chi connectivity index (χ4n) is 5.38. The van der Waals surface area contributed by atoms with Gasteiger partial charge in [-0.1, -0.05) is 57.5 Å². The average Bonchev–Trinajstić information content (AvgIpc) is 2.75. The van der Waals surface area contributed by atoms with Gasteiger partial charge >= 0.3 is 11.9 Å². The standard InChI is InChI=1S/C22H32N2O2.C4H4O4/c1-15(2)16-6-7-18-17(12-16)13-19(25)20-21(3,14-24-26-11-10-23)8-5-9-22(18,20)4;5-3(6)1-2-4(7)8/h6-7,12,14-15,20H,5,8-11,13,23H2,1-4H3;1-2H,(H,5,6)(H,7,8)/b;2-1+/t20?,21-,22-;/m1./s1. The third kappa shape index (κ3) is 6.32. The number of nitrogens with two attached hydrogens (primary N) is 1. The molecule has 1 fully saturated rings. The van der Waals surface area contributed by atoms with Gasteiger partial charge in [-0.25, -0.2) is 9.59 Å². The van der Waals surface area contributed by atoms with Gasteiger partial charge in [-0.05, 0) is 35.4 Å². The van der Waals surface area contributed by atoms with Crippen LogP contribution in [0, 0.1) is 11.3 Å². The maximum atomic E-state index is 13.3. The molecule has 2 aliphatic rings. The van der Waals surface area contributed by atoms with Crippen LogP contribution < -0.4 is 5.73 Å². The minimum Gasteiger partial charge on any atom is -0.478 e. The molecule has 0 aliphatic heterocycles. The molecule has 0 saturated heterocycles. The molecule has 8 heteroatoms. The van der Waals surface area contributed by atoms with E-state index in [4.69, 9.17) is 20.8 Å². The number of carbonyl (C=O) groups is 3. The summed E-state index contributed by atoms with van der Waals surface area (Å²) in [5, 5.41) is 19.8. The van der Waals surface area contributed by atoms with Crippen molar-refractivity contribution in [1.29, 1.82) is 0 Å². The second-order valence-corrected chi connectivity index (χ2v) is 9.79. The summed E-state index contributed by atoms with van der Waals surface area (Å²) in [5.74, 6) is -1.75. The summed E-state index contributed by atoms with van der Waals surface area (Å²) in [7, 11) is 0. The highest BCUT2D eigenvalue weighted by atomic mass is 16.6. The Bertz CT molecular complexity index is 954. The Morgan fingerprint density at radius 2 is 1.85 bits per heavy atom. The van der Waals surface area contributed by atoms with Crippen molar-refractivity contribution in [3.05, 3.63) is 47.0 Å². The van der Waals surface area contributed by atoms with Crippen LogP contribution in [0.3, 0.4) is 0 Å². The number of rotatable bonds is 7. The van der Waals surface area contributed by atoms with Gasteiger partial charge < -0.3 is 20.8 Å². The van der Waals surface area contributed by atoms with Crippen LogP contribution in [0.15, 0.2) is 35.5 Å². The lowest BCUT2D eigenvalue weighted by Crippen LogP contribution is -2.54. The number of hydrogen-bond acceptors (Lipinski definition) is 6. The lowest BCUT2D eigenvalue weighted by molar-refractivity contribution is -0.134. The minimum atomic E-state index is -1.26. The number of carboxylic acid groups (broad SMARTS) is 2. The summed E-state index contributed by atoms with van der Waals surface area (Å²) in [6.07, 6.45) is 6.62. The Kier molecular flexibility index (Phi) is 9.15. The van der Waals surface area contributed by atoms with Gasteiger partial charge in [0, 0.05) is 41.9 Å². The van der Waals surface area contributed by atoms with Crippen LogP contribution in [0.5, 0.6) is 0 Å². The number of nitrogens with zero attached hydrogens (tertiary/aromatic N) is 1. The highest BCUT2D eigenvalue weighted by Crippen LogP contribution is 2.55. The van der Waals surface area contributed by atoms with Crippen molar-refractivity contribution in [3.8, 4) is 0 Å². The van der Waals surface area contributed by atoms with Crippen LogP contribution in [0.4, 0.5) is 0 Å². The van der Waals surface area contributed by atoms with Crippen molar-refractivity contribution in [2.75, 3.05) is 13.2 Å². The van der Waals surface area contributed by atoms with E-state index >= 15 is 0 Å². The Morgan fingerprint density at radius 3 is 2.41 bits per heavy atom. The van der Waals surface area contributed by atoms with E-state index in [-0.39, 0.29) is 16.7 Å². The number of hydrogen-bond donors (Lipinski definition) is 3.